The third kappa shape index (κ3) is 21.1. The number of primary amides is 1. The van der Waals surface area contributed by atoms with Gasteiger partial charge in [0.2, 0.25) is 47.3 Å². The van der Waals surface area contributed by atoms with Gasteiger partial charge in [0.05, 0.1) is 25.2 Å². The molecule has 1 aromatic heterocycles. The van der Waals surface area contributed by atoms with Gasteiger partial charge >= 0.3 is 29.8 Å². The van der Waals surface area contributed by atoms with Crippen LogP contribution in [0.4, 0.5) is 0 Å². The average Bonchev–Trinajstić information content (AvgIpc) is 3.73. The Labute approximate surface area is 374 Å². The van der Waals surface area contributed by atoms with Crippen molar-refractivity contribution >= 4 is 77.1 Å². The highest BCUT2D eigenvalue weighted by molar-refractivity contribution is 5.99. The number of nitrogens with zero attached hydrogens (tertiary/aromatic N) is 1. The second-order valence-corrected chi connectivity index (χ2v) is 15.1. The molecule has 0 saturated carbocycles. The zero-order valence-electron chi connectivity index (χ0n) is 35.9. The minimum Gasteiger partial charge on any atom is -0.481 e. The van der Waals surface area contributed by atoms with Crippen LogP contribution < -0.4 is 48.7 Å². The molecule has 0 aliphatic heterocycles. The Bertz CT molecular complexity index is 1960. The number of rotatable bonds is 31. The molecule has 29 heteroatoms. The molecule has 66 heavy (non-hydrogen) atoms. The van der Waals surface area contributed by atoms with Crippen molar-refractivity contribution in [3.63, 3.8) is 0 Å². The summed E-state index contributed by atoms with van der Waals surface area (Å²) < 4.78 is 0. The number of carbonyl (C=O) groups excluding carboxylic acids is 8. The van der Waals surface area contributed by atoms with Crippen LogP contribution in [-0.2, 0) is 68.7 Å². The number of imidazole rings is 1. The van der Waals surface area contributed by atoms with E-state index in [-0.39, 0.29) is 12.1 Å². The maximum Gasteiger partial charge on any atom is 0.325 e. The minimum atomic E-state index is -1.89. The van der Waals surface area contributed by atoms with Gasteiger partial charge < -0.3 is 79.2 Å². The normalized spacial score (nSPS) is 14.5. The van der Waals surface area contributed by atoms with Crippen molar-refractivity contribution in [2.24, 2.45) is 17.4 Å². The summed E-state index contributed by atoms with van der Waals surface area (Å²) in [6.07, 6.45) is -3.50. The van der Waals surface area contributed by atoms with Gasteiger partial charge in [-0.3, -0.25) is 62.3 Å². The molecular formula is C37H55N11O18. The van der Waals surface area contributed by atoms with Gasteiger partial charge in [0.25, 0.3) is 0 Å². The highest BCUT2D eigenvalue weighted by Crippen LogP contribution is 2.10. The van der Waals surface area contributed by atoms with E-state index >= 15 is 0 Å². The van der Waals surface area contributed by atoms with Crippen molar-refractivity contribution in [2.45, 2.75) is 127 Å². The molecule has 0 saturated heterocycles. The molecule has 0 unspecified atom stereocenters. The predicted molar refractivity (Wildman–Crippen MR) is 219 cm³/mol. The number of carbonyl (C=O) groups is 13. The van der Waals surface area contributed by atoms with Crippen LogP contribution in [0.25, 0.3) is 0 Å². The lowest BCUT2D eigenvalue weighted by Crippen LogP contribution is -2.61. The third-order valence-electron chi connectivity index (χ3n) is 9.20. The molecule has 8 amide bonds. The number of hydrogen-bond donors (Lipinski definition) is 15. The van der Waals surface area contributed by atoms with Crippen LogP contribution in [-0.4, -0.2) is 161 Å². The van der Waals surface area contributed by atoms with Gasteiger partial charge in [-0.15, -0.1) is 0 Å². The maximum absolute atomic E-state index is 13.8. The van der Waals surface area contributed by atoms with E-state index in [1.807, 2.05) is 5.32 Å². The first-order valence-corrected chi connectivity index (χ1v) is 20.0. The van der Waals surface area contributed by atoms with Gasteiger partial charge in [0.15, 0.2) is 0 Å². The fourth-order valence-electron chi connectivity index (χ4n) is 5.62. The minimum absolute atomic E-state index is 0.204. The zero-order chi connectivity index (χ0) is 50.4. The van der Waals surface area contributed by atoms with Crippen molar-refractivity contribution in [2.75, 3.05) is 0 Å². The van der Waals surface area contributed by atoms with E-state index in [1.54, 1.807) is 0 Å². The molecule has 29 nitrogen and oxygen atoms in total. The van der Waals surface area contributed by atoms with E-state index in [1.165, 1.54) is 26.4 Å². The van der Waals surface area contributed by atoms with Crippen LogP contribution in [0.2, 0.25) is 0 Å². The molecule has 17 N–H and O–H groups in total. The quantitative estimate of drug-likeness (QED) is 0.0330. The summed E-state index contributed by atoms with van der Waals surface area (Å²) >= 11 is 0. The molecule has 0 aliphatic rings. The molecule has 0 radical (unpaired) electrons. The Morgan fingerprint density at radius 1 is 0.545 bits per heavy atom. The fraction of sp³-hybridized carbons (Fsp3) is 0.568. The monoisotopic (exact) mass is 941 g/mol. The summed E-state index contributed by atoms with van der Waals surface area (Å²) in [4.78, 5) is 169. The largest absolute Gasteiger partial charge is 0.481 e. The summed E-state index contributed by atoms with van der Waals surface area (Å²) in [6.45, 7) is 3.89. The van der Waals surface area contributed by atoms with Crippen molar-refractivity contribution in [1.29, 1.82) is 0 Å². The van der Waals surface area contributed by atoms with Crippen molar-refractivity contribution in [3.8, 4) is 0 Å². The summed E-state index contributed by atoms with van der Waals surface area (Å²) in [6, 6.07) is -13.6. The maximum atomic E-state index is 13.8. The van der Waals surface area contributed by atoms with E-state index in [0.717, 1.165) is 6.92 Å². The molecule has 8 atom stereocenters. The predicted octanol–water partition coefficient (Wildman–Crippen LogP) is -5.62. The highest BCUT2D eigenvalue weighted by Gasteiger charge is 2.36. The Hall–Kier alpha value is -7.72. The number of carboxylic acid groups (broad SMARTS) is 5. The van der Waals surface area contributed by atoms with Crippen LogP contribution in [0.5, 0.6) is 0 Å². The Balaban J connectivity index is 3.44. The number of aliphatic carboxylic acids is 5. The number of aromatic nitrogens is 2. The summed E-state index contributed by atoms with van der Waals surface area (Å²) in [5.41, 5.74) is 11.2. The Kier molecular flexibility index (Phi) is 23.4. The first-order chi connectivity index (χ1) is 30.7. The summed E-state index contributed by atoms with van der Waals surface area (Å²) in [5.74, 6) is -17.5. The number of nitrogens with two attached hydrogens (primary N) is 2. The second kappa shape index (κ2) is 27.5. The molecule has 366 valence electrons. The van der Waals surface area contributed by atoms with Gasteiger partial charge in [-0.05, 0) is 32.1 Å². The van der Waals surface area contributed by atoms with E-state index in [2.05, 4.69) is 41.9 Å². The topological polar surface area (TPSA) is 488 Å². The highest BCUT2D eigenvalue weighted by atomic mass is 16.4. The lowest BCUT2D eigenvalue weighted by atomic mass is 10.0. The number of carboxylic acids is 5. The second-order valence-electron chi connectivity index (χ2n) is 15.1. The molecule has 0 fully saturated rings. The number of H-pyrrole nitrogens is 1. The van der Waals surface area contributed by atoms with Crippen LogP contribution in [0.15, 0.2) is 12.5 Å². The third-order valence-corrected chi connectivity index (χ3v) is 9.20. The molecule has 1 heterocycles. The first-order valence-electron chi connectivity index (χ1n) is 20.0. The molecule has 0 aromatic carbocycles. The van der Waals surface area contributed by atoms with E-state index in [4.69, 9.17) is 21.7 Å². The molecule has 0 aliphatic carbocycles. The summed E-state index contributed by atoms with van der Waals surface area (Å²) in [7, 11) is 0. The fourth-order valence-corrected chi connectivity index (χ4v) is 5.62. The van der Waals surface area contributed by atoms with Crippen LogP contribution in [0.1, 0.15) is 77.8 Å². The lowest BCUT2D eigenvalue weighted by Gasteiger charge is -2.28. The van der Waals surface area contributed by atoms with Gasteiger partial charge in [-0.25, -0.2) is 4.98 Å². The average molecular weight is 942 g/mol. The summed E-state index contributed by atoms with van der Waals surface area (Å²) in [5, 5.41) is 61.4. The number of nitrogens with one attached hydrogen (secondary N) is 8. The van der Waals surface area contributed by atoms with Gasteiger partial charge in [0.1, 0.15) is 42.3 Å². The molecule has 1 aromatic rings. The van der Waals surface area contributed by atoms with Crippen LogP contribution >= 0.6 is 0 Å². The first kappa shape index (κ1) is 56.3. The SMILES string of the molecule is CC(C)[C@H](NC(=O)[C@H](CC(N)=O)NC(=O)[C@H](CCC(=O)O)NC(=O)[C@@H](N)CCC(=O)O)C(=O)N[C@@H](CCC(=O)O)C(=O)N[C@@H](Cc1cnc[nH]1)C(=O)N[C@@H](CC(=O)O)C(=O)N[C@@H](C)C(=O)O. The van der Waals surface area contributed by atoms with Crippen molar-refractivity contribution in [3.05, 3.63) is 18.2 Å². The standard InChI is InChI=1S/C37H55N11O18/c1-15(2)29(48-35(63)22(11-24(39)49)46-31(59)19(5-8-26(52)53)43-30(58)18(38)4-7-25(50)51)36(64)44-20(6-9-27(54)55)32(60)45-21(10-17-13-40-14-41-17)34(62)47-23(12-28(56)57)33(61)42-16(3)37(65)66/h13-16,18-23,29H,4-12,38H2,1-3H3,(H2,39,49)(H,40,41)(H,42,61)(H,43,58)(H,44,64)(H,45,60)(H,46,59)(H,47,62)(H,48,63)(H,50,51)(H,52,53)(H,54,55)(H,56,57)(H,65,66)/t16-,18-,19-,20-,21-,22-,23-,29-/m0/s1. The number of hydrogen-bond acceptors (Lipinski definition) is 15. The molecular weight excluding hydrogens is 886 g/mol. The van der Waals surface area contributed by atoms with E-state index in [0.29, 0.717) is 0 Å². The van der Waals surface area contributed by atoms with Gasteiger partial charge in [0, 0.05) is 37.6 Å². The number of amides is 8. The van der Waals surface area contributed by atoms with E-state index < -0.39 is 183 Å². The molecule has 0 bridgehead atoms. The Morgan fingerprint density at radius 3 is 1.41 bits per heavy atom. The lowest BCUT2D eigenvalue weighted by molar-refractivity contribution is -0.143. The Morgan fingerprint density at radius 2 is 0.970 bits per heavy atom. The molecule has 1 rings (SSSR count). The van der Waals surface area contributed by atoms with Crippen molar-refractivity contribution in [1.82, 2.24) is 47.2 Å². The molecule has 0 spiro atoms. The number of aromatic amines is 1. The van der Waals surface area contributed by atoms with Crippen LogP contribution in [0.3, 0.4) is 0 Å². The van der Waals surface area contributed by atoms with Gasteiger partial charge in [-0.1, -0.05) is 13.8 Å². The zero-order valence-corrected chi connectivity index (χ0v) is 35.9. The van der Waals surface area contributed by atoms with E-state index in [9.17, 15) is 77.6 Å². The smallest absolute Gasteiger partial charge is 0.325 e. The van der Waals surface area contributed by atoms with Crippen molar-refractivity contribution < 1.29 is 87.9 Å². The van der Waals surface area contributed by atoms with Crippen LogP contribution in [0, 0.1) is 5.92 Å². The van der Waals surface area contributed by atoms with Gasteiger partial charge in [-0.2, -0.15) is 0 Å².